The maximum Gasteiger partial charge on any atom is 0.330 e. The Morgan fingerprint density at radius 3 is 2.55 bits per heavy atom. The van der Waals surface area contributed by atoms with Crippen molar-refractivity contribution in [3.8, 4) is 0 Å². The topological polar surface area (TPSA) is 67.4 Å². The Balaban J connectivity index is 2.44. The minimum atomic E-state index is -0.611. The third-order valence-electron chi connectivity index (χ3n) is 2.00. The van der Waals surface area contributed by atoms with Crippen LogP contribution in [0, 0.1) is 5.82 Å². The molecule has 0 aromatic heterocycles. The summed E-state index contributed by atoms with van der Waals surface area (Å²) >= 11 is 4.89. The van der Waals surface area contributed by atoms with Crippen LogP contribution in [0.5, 0.6) is 0 Å². The number of ether oxygens (including phenoxy) is 1. The van der Waals surface area contributed by atoms with Gasteiger partial charge in [0.1, 0.15) is 5.82 Å². The number of amides is 1. The summed E-state index contributed by atoms with van der Waals surface area (Å²) in [4.78, 5) is 22.4. The molecule has 0 aliphatic rings. The van der Waals surface area contributed by atoms with Crippen LogP contribution in [-0.2, 0) is 14.3 Å². The van der Waals surface area contributed by atoms with Gasteiger partial charge in [-0.25, -0.2) is 9.18 Å². The average Bonchev–Trinajstić information content (AvgIpc) is 2.39. The van der Waals surface area contributed by atoms with E-state index in [1.54, 1.807) is 6.92 Å². The Kier molecular flexibility index (Phi) is 6.31. The van der Waals surface area contributed by atoms with E-state index >= 15 is 0 Å². The monoisotopic (exact) mass is 296 g/mol. The Morgan fingerprint density at radius 2 is 1.95 bits per heavy atom. The van der Waals surface area contributed by atoms with Crippen molar-refractivity contribution in [1.82, 2.24) is 5.32 Å². The Hall–Kier alpha value is -2.28. The molecule has 1 aromatic carbocycles. The van der Waals surface area contributed by atoms with Crippen molar-refractivity contribution in [2.24, 2.45) is 0 Å². The number of esters is 1. The summed E-state index contributed by atoms with van der Waals surface area (Å²) in [6, 6.07) is 5.46. The Labute approximate surface area is 120 Å². The molecule has 1 amide bonds. The van der Waals surface area contributed by atoms with Gasteiger partial charge < -0.3 is 10.1 Å². The second-order valence-corrected chi connectivity index (χ2v) is 3.94. The number of halogens is 1. The predicted octanol–water partition coefficient (Wildman–Crippen LogP) is 1.76. The van der Waals surface area contributed by atoms with E-state index in [4.69, 9.17) is 12.2 Å². The normalized spacial score (nSPS) is 10.1. The maximum atomic E-state index is 12.7. The lowest BCUT2D eigenvalue weighted by molar-refractivity contribution is -0.137. The first kappa shape index (κ1) is 15.8. The first-order chi connectivity index (χ1) is 9.51. The predicted molar refractivity (Wildman–Crippen MR) is 76.5 cm³/mol. The molecule has 20 heavy (non-hydrogen) atoms. The van der Waals surface area contributed by atoms with Crippen molar-refractivity contribution in [3.05, 3.63) is 42.2 Å². The average molecular weight is 296 g/mol. The van der Waals surface area contributed by atoms with E-state index < -0.39 is 11.9 Å². The van der Waals surface area contributed by atoms with E-state index in [1.165, 1.54) is 24.3 Å². The zero-order valence-electron chi connectivity index (χ0n) is 10.7. The largest absolute Gasteiger partial charge is 0.463 e. The van der Waals surface area contributed by atoms with Crippen LogP contribution in [0.15, 0.2) is 36.4 Å². The number of carbonyl (C=O) groups excluding carboxylic acids is 2. The summed E-state index contributed by atoms with van der Waals surface area (Å²) in [6.45, 7) is 1.89. The van der Waals surface area contributed by atoms with Crippen LogP contribution in [0.4, 0.5) is 10.1 Å². The molecular weight excluding hydrogens is 283 g/mol. The molecule has 0 atom stereocenters. The fourth-order valence-corrected chi connectivity index (χ4v) is 1.40. The molecule has 0 heterocycles. The van der Waals surface area contributed by atoms with Gasteiger partial charge in [-0.1, -0.05) is 0 Å². The van der Waals surface area contributed by atoms with Crippen LogP contribution in [-0.4, -0.2) is 23.6 Å². The van der Waals surface area contributed by atoms with Gasteiger partial charge in [-0.3, -0.25) is 10.1 Å². The van der Waals surface area contributed by atoms with E-state index in [9.17, 15) is 14.0 Å². The van der Waals surface area contributed by atoms with Crippen LogP contribution >= 0.6 is 12.2 Å². The third-order valence-corrected chi connectivity index (χ3v) is 2.20. The second-order valence-electron chi connectivity index (χ2n) is 3.54. The molecule has 0 unspecified atom stereocenters. The summed E-state index contributed by atoms with van der Waals surface area (Å²) in [5, 5.41) is 5.07. The molecular formula is C13H13FN2O3S. The van der Waals surface area contributed by atoms with Crippen LogP contribution < -0.4 is 10.6 Å². The lowest BCUT2D eigenvalue weighted by Gasteiger charge is -2.07. The summed E-state index contributed by atoms with van der Waals surface area (Å²) in [6.07, 6.45) is 2.01. The molecule has 0 aliphatic carbocycles. The smallest absolute Gasteiger partial charge is 0.330 e. The minimum absolute atomic E-state index is 0.0371. The van der Waals surface area contributed by atoms with Gasteiger partial charge in [0.25, 0.3) is 0 Å². The molecule has 1 aromatic rings. The zero-order valence-corrected chi connectivity index (χ0v) is 11.5. The molecule has 0 fully saturated rings. The minimum Gasteiger partial charge on any atom is -0.463 e. The highest BCUT2D eigenvalue weighted by atomic mass is 32.1. The lowest BCUT2D eigenvalue weighted by atomic mass is 10.3. The van der Waals surface area contributed by atoms with Gasteiger partial charge in [-0.05, 0) is 43.4 Å². The maximum absolute atomic E-state index is 12.7. The molecule has 0 saturated heterocycles. The summed E-state index contributed by atoms with van der Waals surface area (Å²) < 4.78 is 17.3. The number of carbonyl (C=O) groups is 2. The van der Waals surface area contributed by atoms with Crippen LogP contribution in [0.1, 0.15) is 6.92 Å². The SMILES string of the molecule is CCOC(=O)/C=C/C(=O)NC(=S)Nc1ccc(F)cc1. The molecule has 106 valence electrons. The molecule has 7 heteroatoms. The number of anilines is 1. The molecule has 0 saturated carbocycles. The van der Waals surface area contributed by atoms with Crippen molar-refractivity contribution in [2.75, 3.05) is 11.9 Å². The third kappa shape index (κ3) is 6.05. The van der Waals surface area contributed by atoms with Crippen molar-refractivity contribution in [1.29, 1.82) is 0 Å². The number of nitrogens with one attached hydrogen (secondary N) is 2. The Bertz CT molecular complexity index is 529. The zero-order chi connectivity index (χ0) is 15.0. The molecule has 0 bridgehead atoms. The molecule has 2 N–H and O–H groups in total. The van der Waals surface area contributed by atoms with Crippen molar-refractivity contribution in [2.45, 2.75) is 6.92 Å². The summed E-state index contributed by atoms with van der Waals surface area (Å²) in [7, 11) is 0. The van der Waals surface area contributed by atoms with E-state index in [2.05, 4.69) is 15.4 Å². The highest BCUT2D eigenvalue weighted by Gasteiger charge is 2.03. The van der Waals surface area contributed by atoms with Gasteiger partial charge in [0.2, 0.25) is 5.91 Å². The van der Waals surface area contributed by atoms with Crippen LogP contribution in [0.2, 0.25) is 0 Å². The van der Waals surface area contributed by atoms with E-state index in [1.807, 2.05) is 0 Å². The first-order valence-electron chi connectivity index (χ1n) is 5.73. The molecule has 1 rings (SSSR count). The fraction of sp³-hybridized carbons (Fsp3) is 0.154. The van der Waals surface area contributed by atoms with Crippen LogP contribution in [0.3, 0.4) is 0 Å². The van der Waals surface area contributed by atoms with E-state index in [0.717, 1.165) is 12.2 Å². The Morgan fingerprint density at radius 1 is 1.30 bits per heavy atom. The van der Waals surface area contributed by atoms with Gasteiger partial charge in [-0.15, -0.1) is 0 Å². The molecule has 0 radical (unpaired) electrons. The number of hydrogen-bond donors (Lipinski definition) is 2. The highest BCUT2D eigenvalue weighted by Crippen LogP contribution is 2.07. The summed E-state index contributed by atoms with van der Waals surface area (Å²) in [5.41, 5.74) is 0.533. The quantitative estimate of drug-likeness (QED) is 0.503. The number of thiocarbonyl (C=S) groups is 1. The van der Waals surface area contributed by atoms with Gasteiger partial charge >= 0.3 is 5.97 Å². The van der Waals surface area contributed by atoms with Gasteiger partial charge in [-0.2, -0.15) is 0 Å². The number of rotatable bonds is 4. The highest BCUT2D eigenvalue weighted by molar-refractivity contribution is 7.80. The summed E-state index contributed by atoms with van der Waals surface area (Å²) in [5.74, 6) is -1.55. The number of benzene rings is 1. The second kappa shape index (κ2) is 8.00. The molecule has 5 nitrogen and oxygen atoms in total. The lowest BCUT2D eigenvalue weighted by Crippen LogP contribution is -2.32. The van der Waals surface area contributed by atoms with Crippen LogP contribution in [0.25, 0.3) is 0 Å². The van der Waals surface area contributed by atoms with Crippen molar-refractivity contribution in [3.63, 3.8) is 0 Å². The molecule has 0 aliphatic heterocycles. The fourth-order valence-electron chi connectivity index (χ4n) is 1.18. The van der Waals surface area contributed by atoms with Crippen molar-refractivity contribution < 1.29 is 18.7 Å². The van der Waals surface area contributed by atoms with Gasteiger partial charge in [0, 0.05) is 17.8 Å². The van der Waals surface area contributed by atoms with E-state index in [-0.39, 0.29) is 17.5 Å². The van der Waals surface area contributed by atoms with Crippen molar-refractivity contribution >= 4 is 34.9 Å². The first-order valence-corrected chi connectivity index (χ1v) is 6.14. The standard InChI is InChI=1S/C13H13FN2O3S/c1-2-19-12(18)8-7-11(17)16-13(20)15-10-5-3-9(14)4-6-10/h3-8H,2H2,1H3,(H2,15,16,17,20)/b8-7+. The van der Waals surface area contributed by atoms with Gasteiger partial charge in [0.15, 0.2) is 5.11 Å². The molecule has 0 spiro atoms. The van der Waals surface area contributed by atoms with Gasteiger partial charge in [0.05, 0.1) is 6.61 Å². The number of hydrogen-bond acceptors (Lipinski definition) is 4. The van der Waals surface area contributed by atoms with E-state index in [0.29, 0.717) is 5.69 Å².